The summed E-state index contributed by atoms with van der Waals surface area (Å²) in [5.74, 6) is -0.512. The number of hydrogen-bond donors (Lipinski definition) is 1. The molecule has 0 spiro atoms. The minimum atomic E-state index is -0.739. The highest BCUT2D eigenvalue weighted by Gasteiger charge is 2.33. The van der Waals surface area contributed by atoms with E-state index in [0.717, 1.165) is 6.42 Å². The maximum atomic E-state index is 11.5. The van der Waals surface area contributed by atoms with E-state index < -0.39 is 5.97 Å². The van der Waals surface area contributed by atoms with E-state index in [4.69, 9.17) is 0 Å². The predicted molar refractivity (Wildman–Crippen MR) is 140 cm³/mol. The van der Waals surface area contributed by atoms with Crippen LogP contribution in [0.5, 0.6) is 0 Å². The lowest BCUT2D eigenvalue weighted by molar-refractivity contribution is -0.694. The molecule has 0 amide bonds. The van der Waals surface area contributed by atoms with E-state index in [9.17, 15) is 9.90 Å². The lowest BCUT2D eigenvalue weighted by atomic mass is 10.0. The van der Waals surface area contributed by atoms with Gasteiger partial charge in [0.05, 0.1) is 22.7 Å². The highest BCUT2D eigenvalue weighted by atomic mass is 32.2. The van der Waals surface area contributed by atoms with Gasteiger partial charge in [-0.25, -0.2) is 0 Å². The van der Waals surface area contributed by atoms with Gasteiger partial charge in [0.25, 0.3) is 5.01 Å². The van der Waals surface area contributed by atoms with Crippen LogP contribution in [0, 0.1) is 11.8 Å². The quantitative estimate of drug-likeness (QED) is 0.345. The number of aliphatic carboxylic acids is 1. The van der Waals surface area contributed by atoms with Gasteiger partial charge in [0.2, 0.25) is 5.52 Å². The first-order valence-electron chi connectivity index (χ1n) is 11.7. The van der Waals surface area contributed by atoms with Crippen molar-refractivity contribution < 1.29 is 14.5 Å². The van der Waals surface area contributed by atoms with Crippen LogP contribution in [-0.4, -0.2) is 17.1 Å². The van der Waals surface area contributed by atoms with E-state index in [-0.39, 0.29) is 12.0 Å². The van der Waals surface area contributed by atoms with E-state index in [1.165, 1.54) is 30.8 Å². The summed E-state index contributed by atoms with van der Waals surface area (Å²) in [6, 6.07) is 17.5. The summed E-state index contributed by atoms with van der Waals surface area (Å²) in [5.41, 5.74) is 2.45. The van der Waals surface area contributed by atoms with Crippen molar-refractivity contribution in [1.29, 1.82) is 0 Å². The van der Waals surface area contributed by atoms with Gasteiger partial charge in [-0.2, -0.15) is 4.57 Å². The van der Waals surface area contributed by atoms with Crippen LogP contribution in [0.3, 0.4) is 0 Å². The molecule has 4 rings (SSSR count). The van der Waals surface area contributed by atoms with Crippen LogP contribution in [0.4, 0.5) is 5.69 Å². The average molecular weight is 482 g/mol. The molecule has 0 saturated heterocycles. The van der Waals surface area contributed by atoms with E-state index in [1.807, 2.05) is 11.3 Å². The second-order valence-corrected chi connectivity index (χ2v) is 11.6. The Bertz CT molecular complexity index is 1180. The van der Waals surface area contributed by atoms with E-state index in [0.29, 0.717) is 18.4 Å². The molecule has 0 fully saturated rings. The van der Waals surface area contributed by atoms with Gasteiger partial charge in [-0.3, -0.25) is 4.79 Å². The zero-order valence-corrected chi connectivity index (χ0v) is 21.6. The molecule has 0 radical (unpaired) electrons. The fraction of sp³-hybridized carbons (Fsp3) is 0.407. The van der Waals surface area contributed by atoms with E-state index in [1.54, 1.807) is 18.7 Å². The fourth-order valence-corrected chi connectivity index (χ4v) is 7.22. The van der Waals surface area contributed by atoms with Crippen molar-refractivity contribution in [2.75, 3.05) is 4.90 Å². The van der Waals surface area contributed by atoms with Crippen LogP contribution in [0.1, 0.15) is 58.5 Å². The lowest BCUT2D eigenvalue weighted by Crippen LogP contribution is -2.40. The van der Waals surface area contributed by atoms with Crippen LogP contribution >= 0.6 is 23.1 Å². The van der Waals surface area contributed by atoms with E-state index >= 15 is 0 Å². The molecule has 0 bridgehead atoms. The number of rotatable bonds is 8. The largest absolute Gasteiger partial charge is 0.481 e. The van der Waals surface area contributed by atoms with Crippen molar-refractivity contribution >= 4 is 51.0 Å². The molecule has 1 N–H and O–H groups in total. The molecular formula is C27H33N2O2S2+. The topological polar surface area (TPSA) is 44.4 Å². The maximum absolute atomic E-state index is 11.5. The first kappa shape index (κ1) is 23.8. The van der Waals surface area contributed by atoms with Crippen molar-refractivity contribution in [3.05, 3.63) is 58.6 Å². The number of fused-ring (bicyclic) bond motifs is 2. The third-order valence-corrected chi connectivity index (χ3v) is 8.39. The van der Waals surface area contributed by atoms with Crippen LogP contribution < -0.4 is 9.47 Å². The fourth-order valence-electron chi connectivity index (χ4n) is 4.76. The molecule has 0 saturated carbocycles. The van der Waals surface area contributed by atoms with Crippen molar-refractivity contribution in [3.8, 4) is 0 Å². The third-order valence-electron chi connectivity index (χ3n) is 6.21. The summed E-state index contributed by atoms with van der Waals surface area (Å²) in [6.45, 7) is 10.8. The highest BCUT2D eigenvalue weighted by molar-refractivity contribution is 8.03. The van der Waals surface area contributed by atoms with Crippen LogP contribution in [0.15, 0.2) is 58.5 Å². The Balaban J connectivity index is 1.79. The van der Waals surface area contributed by atoms with Crippen molar-refractivity contribution in [1.82, 2.24) is 0 Å². The number of aromatic nitrogens is 1. The number of hydrogen-bond acceptors (Lipinski definition) is 4. The SMILES string of the molecule is CC(C)CC(C)[n+]1c(C=C2Sc3ccccc3N2C(C)CC(C)C(=O)O)sc2ccccc21. The molecule has 1 aromatic heterocycles. The summed E-state index contributed by atoms with van der Waals surface area (Å²) in [5, 5.41) is 11.9. The third kappa shape index (κ3) is 4.97. The molecule has 2 aromatic carbocycles. The number of nitrogens with zero attached hydrogens (tertiary/aromatic N) is 2. The van der Waals surface area contributed by atoms with Gasteiger partial charge in [0.15, 0.2) is 6.04 Å². The Morgan fingerprint density at radius 1 is 1.03 bits per heavy atom. The number of carboxylic acids is 1. The molecule has 174 valence electrons. The highest BCUT2D eigenvalue weighted by Crippen LogP contribution is 2.48. The molecular weight excluding hydrogens is 448 g/mol. The molecule has 4 nitrogen and oxygen atoms in total. The molecule has 33 heavy (non-hydrogen) atoms. The van der Waals surface area contributed by atoms with Gasteiger partial charge in [0, 0.05) is 23.4 Å². The van der Waals surface area contributed by atoms with Gasteiger partial charge < -0.3 is 10.0 Å². The minimum Gasteiger partial charge on any atom is -0.481 e. The average Bonchev–Trinajstić information content (AvgIpc) is 3.30. The number of benzene rings is 2. The second kappa shape index (κ2) is 9.90. The molecule has 3 unspecified atom stereocenters. The van der Waals surface area contributed by atoms with Gasteiger partial charge in [0.1, 0.15) is 4.70 Å². The summed E-state index contributed by atoms with van der Waals surface area (Å²) < 4.78 is 3.78. The van der Waals surface area contributed by atoms with Gasteiger partial charge in [-0.15, -0.1) is 0 Å². The molecule has 3 atom stereocenters. The van der Waals surface area contributed by atoms with Crippen molar-refractivity contribution in [2.45, 2.75) is 64.4 Å². The Morgan fingerprint density at radius 2 is 1.73 bits per heavy atom. The zero-order chi connectivity index (χ0) is 23.7. The van der Waals surface area contributed by atoms with Gasteiger partial charge in [-0.05, 0) is 44.4 Å². The Labute approximate surface area is 204 Å². The number of thioether (sulfide) groups is 1. The van der Waals surface area contributed by atoms with E-state index in [2.05, 4.69) is 91.8 Å². The van der Waals surface area contributed by atoms with Gasteiger partial charge in [-0.1, -0.05) is 68.1 Å². The summed E-state index contributed by atoms with van der Waals surface area (Å²) in [7, 11) is 0. The summed E-state index contributed by atoms with van der Waals surface area (Å²) in [4.78, 5) is 15.1. The lowest BCUT2D eigenvalue weighted by Gasteiger charge is -2.29. The smallest absolute Gasteiger partial charge is 0.306 e. The van der Waals surface area contributed by atoms with Gasteiger partial charge >= 0.3 is 5.97 Å². The monoisotopic (exact) mass is 481 g/mol. The first-order valence-corrected chi connectivity index (χ1v) is 13.3. The molecule has 1 aliphatic rings. The number of anilines is 1. The minimum absolute atomic E-state index is 0.0782. The van der Waals surface area contributed by atoms with Crippen molar-refractivity contribution in [3.63, 3.8) is 0 Å². The second-order valence-electron chi connectivity index (χ2n) is 9.50. The maximum Gasteiger partial charge on any atom is 0.306 e. The number of thiazole rings is 1. The molecule has 3 aromatic rings. The molecule has 1 aliphatic heterocycles. The summed E-state index contributed by atoms with van der Waals surface area (Å²) in [6.07, 6.45) is 4.02. The first-order chi connectivity index (χ1) is 15.8. The Morgan fingerprint density at radius 3 is 2.45 bits per heavy atom. The standard InChI is InChI=1S/C27H32N2O2S2/c1-17(2)14-19(4)28-21-10-6-8-12-23(21)32-25(28)16-26-29(20(5)15-18(3)27(30)31)22-11-7-9-13-24(22)33-26/h6-13,16-20H,14-15H2,1-5H3/p+1. The Kier molecular flexibility index (Phi) is 7.15. The normalized spacial score (nSPS) is 17.5. The number of carboxylic acid groups (broad SMARTS) is 1. The Hall–Kier alpha value is -2.31. The zero-order valence-electron chi connectivity index (χ0n) is 20.0. The molecule has 6 heteroatoms. The van der Waals surface area contributed by atoms with Crippen LogP contribution in [0.25, 0.3) is 16.3 Å². The number of carbonyl (C=O) groups is 1. The summed E-state index contributed by atoms with van der Waals surface area (Å²) >= 11 is 3.61. The molecule has 2 heterocycles. The van der Waals surface area contributed by atoms with Crippen LogP contribution in [-0.2, 0) is 4.79 Å². The van der Waals surface area contributed by atoms with Crippen molar-refractivity contribution in [2.24, 2.45) is 11.8 Å². The van der Waals surface area contributed by atoms with Crippen LogP contribution in [0.2, 0.25) is 0 Å². The molecule has 0 aliphatic carbocycles. The predicted octanol–water partition coefficient (Wildman–Crippen LogP) is 7.21. The number of para-hydroxylation sites is 2.